The monoisotopic (exact) mass is 241 g/mol. The lowest BCUT2D eigenvalue weighted by Gasteiger charge is -2.33. The van der Waals surface area contributed by atoms with Crippen molar-refractivity contribution in [3.05, 3.63) is 0 Å². The maximum absolute atomic E-state index is 6.11. The van der Waals surface area contributed by atoms with Crippen LogP contribution in [-0.4, -0.2) is 50.7 Å². The van der Waals surface area contributed by atoms with Crippen molar-refractivity contribution in [3.63, 3.8) is 0 Å². The highest BCUT2D eigenvalue weighted by Gasteiger charge is 2.42. The van der Waals surface area contributed by atoms with Crippen LogP contribution in [0.1, 0.15) is 32.1 Å². The molecule has 1 spiro atoms. The Hall–Kier alpha value is -0.160. The Morgan fingerprint density at radius 3 is 2.76 bits per heavy atom. The molecule has 0 aromatic rings. The summed E-state index contributed by atoms with van der Waals surface area (Å²) in [4.78, 5) is 0. The van der Waals surface area contributed by atoms with Gasteiger partial charge >= 0.3 is 0 Å². The number of ether oxygens (including phenoxy) is 3. The number of hydrogen-bond acceptors (Lipinski definition) is 4. The summed E-state index contributed by atoms with van der Waals surface area (Å²) in [5.74, 6) is 0. The van der Waals surface area contributed by atoms with Gasteiger partial charge in [0.05, 0.1) is 31.0 Å². The Balaban J connectivity index is 1.49. The first-order valence-electron chi connectivity index (χ1n) is 6.94. The Kier molecular flexibility index (Phi) is 3.66. The van der Waals surface area contributed by atoms with Crippen LogP contribution in [-0.2, 0) is 14.2 Å². The van der Waals surface area contributed by atoms with Gasteiger partial charge in [-0.25, -0.2) is 0 Å². The molecule has 4 heteroatoms. The van der Waals surface area contributed by atoms with Crippen molar-refractivity contribution >= 4 is 0 Å². The van der Waals surface area contributed by atoms with Crippen molar-refractivity contribution in [1.82, 2.24) is 5.32 Å². The quantitative estimate of drug-likeness (QED) is 0.785. The van der Waals surface area contributed by atoms with Gasteiger partial charge in [0.15, 0.2) is 0 Å². The van der Waals surface area contributed by atoms with E-state index in [1.807, 2.05) is 0 Å². The molecule has 2 unspecified atom stereocenters. The van der Waals surface area contributed by atoms with Gasteiger partial charge in [0.2, 0.25) is 0 Å². The fourth-order valence-electron chi connectivity index (χ4n) is 3.21. The summed E-state index contributed by atoms with van der Waals surface area (Å²) in [5, 5.41) is 3.39. The maximum Gasteiger partial charge on any atom is 0.0841 e. The van der Waals surface area contributed by atoms with Crippen LogP contribution in [0.4, 0.5) is 0 Å². The van der Waals surface area contributed by atoms with E-state index in [1.165, 1.54) is 0 Å². The number of hydrogen-bond donors (Lipinski definition) is 1. The minimum Gasteiger partial charge on any atom is -0.379 e. The largest absolute Gasteiger partial charge is 0.379 e. The summed E-state index contributed by atoms with van der Waals surface area (Å²) < 4.78 is 17.6. The molecule has 2 atom stereocenters. The normalized spacial score (nSPS) is 37.4. The predicted molar refractivity (Wildman–Crippen MR) is 64.1 cm³/mol. The second kappa shape index (κ2) is 5.22. The van der Waals surface area contributed by atoms with Gasteiger partial charge in [-0.3, -0.25) is 0 Å². The first kappa shape index (κ1) is 11.9. The molecule has 0 saturated carbocycles. The van der Waals surface area contributed by atoms with Gasteiger partial charge in [-0.05, 0) is 38.8 Å². The molecule has 3 aliphatic heterocycles. The van der Waals surface area contributed by atoms with E-state index in [1.54, 1.807) is 0 Å². The molecule has 3 fully saturated rings. The van der Waals surface area contributed by atoms with Crippen LogP contribution in [0.25, 0.3) is 0 Å². The standard InChI is InChI=1S/C13H23NO3/c1-2-11(9-15-7-1)17-12-8-13(16-10-12)3-5-14-6-4-13/h11-12,14H,1-10H2. The SMILES string of the molecule is C1COCC(OC2COC3(CCNCC3)C2)C1. The molecule has 0 bridgehead atoms. The lowest BCUT2D eigenvalue weighted by molar-refractivity contribution is -0.0843. The second-order valence-corrected chi connectivity index (χ2v) is 5.55. The van der Waals surface area contributed by atoms with Crippen molar-refractivity contribution in [1.29, 1.82) is 0 Å². The molecule has 3 saturated heterocycles. The first-order valence-corrected chi connectivity index (χ1v) is 6.94. The van der Waals surface area contributed by atoms with Crippen molar-refractivity contribution in [2.24, 2.45) is 0 Å². The highest BCUT2D eigenvalue weighted by molar-refractivity contribution is 4.93. The van der Waals surface area contributed by atoms with Gasteiger partial charge < -0.3 is 19.5 Å². The smallest absolute Gasteiger partial charge is 0.0841 e. The molecule has 17 heavy (non-hydrogen) atoms. The van der Waals surface area contributed by atoms with Gasteiger partial charge in [-0.2, -0.15) is 0 Å². The predicted octanol–water partition coefficient (Wildman–Crippen LogP) is 1.09. The Bertz CT molecular complexity index is 247. The zero-order valence-electron chi connectivity index (χ0n) is 10.5. The molecule has 0 amide bonds. The van der Waals surface area contributed by atoms with Gasteiger partial charge in [-0.1, -0.05) is 0 Å². The Morgan fingerprint density at radius 1 is 1.12 bits per heavy atom. The summed E-state index contributed by atoms with van der Waals surface area (Å²) in [6.45, 7) is 4.61. The van der Waals surface area contributed by atoms with E-state index in [2.05, 4.69) is 5.32 Å². The molecule has 1 N–H and O–H groups in total. The van der Waals surface area contributed by atoms with Crippen molar-refractivity contribution in [2.75, 3.05) is 32.9 Å². The molecular weight excluding hydrogens is 218 g/mol. The highest BCUT2D eigenvalue weighted by atomic mass is 16.6. The van der Waals surface area contributed by atoms with Crippen molar-refractivity contribution in [2.45, 2.75) is 49.9 Å². The molecule has 0 aliphatic carbocycles. The molecule has 3 rings (SSSR count). The number of piperidine rings is 1. The van der Waals surface area contributed by atoms with Gasteiger partial charge in [-0.15, -0.1) is 0 Å². The van der Waals surface area contributed by atoms with E-state index >= 15 is 0 Å². The highest BCUT2D eigenvalue weighted by Crippen LogP contribution is 2.35. The van der Waals surface area contributed by atoms with Crippen LogP contribution < -0.4 is 5.32 Å². The van der Waals surface area contributed by atoms with Crippen LogP contribution >= 0.6 is 0 Å². The Morgan fingerprint density at radius 2 is 2.00 bits per heavy atom. The van der Waals surface area contributed by atoms with Crippen molar-refractivity contribution in [3.8, 4) is 0 Å². The molecular formula is C13H23NO3. The number of nitrogens with one attached hydrogen (secondary N) is 1. The second-order valence-electron chi connectivity index (χ2n) is 5.55. The third-order valence-corrected chi connectivity index (χ3v) is 4.19. The maximum atomic E-state index is 6.11. The topological polar surface area (TPSA) is 39.7 Å². The summed E-state index contributed by atoms with van der Waals surface area (Å²) in [5.41, 5.74) is 0.117. The molecule has 0 aromatic heterocycles. The molecule has 3 heterocycles. The summed E-state index contributed by atoms with van der Waals surface area (Å²) >= 11 is 0. The molecule has 4 nitrogen and oxygen atoms in total. The number of rotatable bonds is 2. The van der Waals surface area contributed by atoms with Crippen LogP contribution in [0.3, 0.4) is 0 Å². The average molecular weight is 241 g/mol. The van der Waals surface area contributed by atoms with Crippen LogP contribution in [0, 0.1) is 0 Å². The fourth-order valence-corrected chi connectivity index (χ4v) is 3.21. The van der Waals surface area contributed by atoms with E-state index in [4.69, 9.17) is 14.2 Å². The average Bonchev–Trinajstić information content (AvgIpc) is 2.74. The molecule has 0 aromatic carbocycles. The molecule has 0 radical (unpaired) electrons. The zero-order chi connectivity index (χ0) is 11.6. The molecule has 98 valence electrons. The van der Waals surface area contributed by atoms with E-state index in [0.717, 1.165) is 65.0 Å². The van der Waals surface area contributed by atoms with Crippen LogP contribution in [0.2, 0.25) is 0 Å². The van der Waals surface area contributed by atoms with Gasteiger partial charge in [0.1, 0.15) is 0 Å². The van der Waals surface area contributed by atoms with Crippen molar-refractivity contribution < 1.29 is 14.2 Å². The first-order chi connectivity index (χ1) is 8.36. The summed E-state index contributed by atoms with van der Waals surface area (Å²) in [6, 6.07) is 0. The third kappa shape index (κ3) is 2.81. The van der Waals surface area contributed by atoms with Gasteiger partial charge in [0, 0.05) is 13.0 Å². The summed E-state index contributed by atoms with van der Waals surface area (Å²) in [6.07, 6.45) is 6.21. The van der Waals surface area contributed by atoms with E-state index in [0.29, 0.717) is 12.2 Å². The fraction of sp³-hybridized carbons (Fsp3) is 1.00. The van der Waals surface area contributed by atoms with Gasteiger partial charge in [0.25, 0.3) is 0 Å². The molecule has 3 aliphatic rings. The van der Waals surface area contributed by atoms with E-state index in [-0.39, 0.29) is 5.60 Å². The minimum atomic E-state index is 0.117. The lowest BCUT2D eigenvalue weighted by atomic mass is 9.89. The Labute approximate surface area is 103 Å². The van der Waals surface area contributed by atoms with Crippen LogP contribution in [0.15, 0.2) is 0 Å². The summed E-state index contributed by atoms with van der Waals surface area (Å²) in [7, 11) is 0. The lowest BCUT2D eigenvalue weighted by Crippen LogP contribution is -2.41. The van der Waals surface area contributed by atoms with E-state index in [9.17, 15) is 0 Å². The van der Waals surface area contributed by atoms with Crippen LogP contribution in [0.5, 0.6) is 0 Å². The van der Waals surface area contributed by atoms with E-state index < -0.39 is 0 Å². The third-order valence-electron chi connectivity index (χ3n) is 4.19. The zero-order valence-corrected chi connectivity index (χ0v) is 10.5. The minimum absolute atomic E-state index is 0.117.